The summed E-state index contributed by atoms with van der Waals surface area (Å²) in [7, 11) is 0. The van der Waals surface area contributed by atoms with Crippen molar-refractivity contribution in [1.82, 2.24) is 14.9 Å². The summed E-state index contributed by atoms with van der Waals surface area (Å²) in [6.07, 6.45) is 0. The normalized spacial score (nSPS) is 11.9. The van der Waals surface area contributed by atoms with Crippen LogP contribution in [0.15, 0.2) is 6.07 Å². The van der Waals surface area contributed by atoms with Gasteiger partial charge in [-0.05, 0) is 27.7 Å². The number of hydrogen-bond donors (Lipinski definition) is 2. The van der Waals surface area contributed by atoms with Crippen LogP contribution in [0.2, 0.25) is 0 Å². The molecule has 0 fully saturated rings. The van der Waals surface area contributed by atoms with Crippen LogP contribution in [0.5, 0.6) is 0 Å². The van der Waals surface area contributed by atoms with Gasteiger partial charge in [-0.15, -0.1) is 0 Å². The number of aromatic nitrogens is 2. The second kappa shape index (κ2) is 7.43. The van der Waals surface area contributed by atoms with Gasteiger partial charge in [0.05, 0.1) is 0 Å². The summed E-state index contributed by atoms with van der Waals surface area (Å²) in [6, 6.07) is 2.87. The molecule has 0 amide bonds. The first-order chi connectivity index (χ1) is 9.31. The highest BCUT2D eigenvalue weighted by molar-refractivity contribution is 5.44. The molecular weight excluding hydrogens is 250 g/mol. The summed E-state index contributed by atoms with van der Waals surface area (Å²) in [6.45, 7) is 14.9. The number of nitrogen functional groups attached to an aromatic ring is 1. The largest absolute Gasteiger partial charge is 0.384 e. The van der Waals surface area contributed by atoms with E-state index in [-0.39, 0.29) is 5.92 Å². The SMILES string of the molecule is CC(C)c1nc(N)cc(NCCN(C(C)C)C(C)C)n1. The van der Waals surface area contributed by atoms with Crippen molar-refractivity contribution in [3.63, 3.8) is 0 Å². The minimum Gasteiger partial charge on any atom is -0.384 e. The molecule has 0 atom stereocenters. The predicted molar refractivity (Wildman–Crippen MR) is 86.0 cm³/mol. The van der Waals surface area contributed by atoms with Gasteiger partial charge >= 0.3 is 0 Å². The van der Waals surface area contributed by atoms with Crippen LogP contribution < -0.4 is 11.1 Å². The molecule has 0 aliphatic carbocycles. The minimum absolute atomic E-state index is 0.280. The Labute approximate surface area is 123 Å². The van der Waals surface area contributed by atoms with E-state index in [4.69, 9.17) is 5.73 Å². The lowest BCUT2D eigenvalue weighted by atomic mass is 10.2. The highest BCUT2D eigenvalue weighted by atomic mass is 15.2. The van der Waals surface area contributed by atoms with E-state index < -0.39 is 0 Å². The van der Waals surface area contributed by atoms with Gasteiger partial charge < -0.3 is 11.1 Å². The lowest BCUT2D eigenvalue weighted by molar-refractivity contribution is 0.182. The summed E-state index contributed by atoms with van der Waals surface area (Å²) < 4.78 is 0. The molecule has 3 N–H and O–H groups in total. The molecule has 1 heterocycles. The fourth-order valence-electron chi connectivity index (χ4n) is 2.26. The maximum Gasteiger partial charge on any atom is 0.135 e. The average molecular weight is 279 g/mol. The molecule has 20 heavy (non-hydrogen) atoms. The molecule has 1 aromatic heterocycles. The molecule has 0 aliphatic heterocycles. The van der Waals surface area contributed by atoms with E-state index in [0.29, 0.717) is 17.9 Å². The van der Waals surface area contributed by atoms with Gasteiger partial charge in [0.2, 0.25) is 0 Å². The standard InChI is InChI=1S/C15H29N5/c1-10(2)15-18-13(16)9-14(19-15)17-7-8-20(11(3)4)12(5)6/h9-12H,7-8H2,1-6H3,(H3,16,17,18,19). The molecular formula is C15H29N5. The Bertz CT molecular complexity index is 407. The minimum atomic E-state index is 0.280. The van der Waals surface area contributed by atoms with Crippen molar-refractivity contribution in [1.29, 1.82) is 0 Å². The van der Waals surface area contributed by atoms with Crippen LogP contribution in [0.4, 0.5) is 11.6 Å². The monoisotopic (exact) mass is 279 g/mol. The van der Waals surface area contributed by atoms with Gasteiger partial charge in [-0.25, -0.2) is 9.97 Å². The Kier molecular flexibility index (Phi) is 6.20. The summed E-state index contributed by atoms with van der Waals surface area (Å²) in [4.78, 5) is 11.2. The van der Waals surface area contributed by atoms with Crippen LogP contribution in [0.1, 0.15) is 53.3 Å². The quantitative estimate of drug-likeness (QED) is 0.803. The third kappa shape index (κ3) is 4.96. The Morgan fingerprint density at radius 3 is 2.20 bits per heavy atom. The zero-order valence-corrected chi connectivity index (χ0v) is 13.6. The van der Waals surface area contributed by atoms with Crippen molar-refractivity contribution in [3.8, 4) is 0 Å². The Hall–Kier alpha value is -1.36. The predicted octanol–water partition coefficient (Wildman–Crippen LogP) is 2.71. The number of rotatable bonds is 7. The topological polar surface area (TPSA) is 67.1 Å². The van der Waals surface area contributed by atoms with Gasteiger partial charge in [-0.3, -0.25) is 4.90 Å². The first-order valence-electron chi connectivity index (χ1n) is 7.45. The Morgan fingerprint density at radius 2 is 1.70 bits per heavy atom. The second-order valence-corrected chi connectivity index (χ2v) is 6.04. The van der Waals surface area contributed by atoms with E-state index in [9.17, 15) is 0 Å². The Morgan fingerprint density at radius 1 is 1.10 bits per heavy atom. The van der Waals surface area contributed by atoms with Gasteiger partial charge in [0.25, 0.3) is 0 Å². The highest BCUT2D eigenvalue weighted by Crippen LogP contribution is 2.15. The number of nitrogens with two attached hydrogens (primary N) is 1. The summed E-state index contributed by atoms with van der Waals surface area (Å²) in [5.41, 5.74) is 5.82. The van der Waals surface area contributed by atoms with E-state index >= 15 is 0 Å². The average Bonchev–Trinajstić information content (AvgIpc) is 2.32. The van der Waals surface area contributed by atoms with Gasteiger partial charge in [-0.2, -0.15) is 0 Å². The maximum atomic E-state index is 5.82. The smallest absolute Gasteiger partial charge is 0.135 e. The molecule has 0 bridgehead atoms. The molecule has 0 radical (unpaired) electrons. The zero-order chi connectivity index (χ0) is 15.3. The second-order valence-electron chi connectivity index (χ2n) is 6.04. The lowest BCUT2D eigenvalue weighted by Gasteiger charge is -2.30. The van der Waals surface area contributed by atoms with Crippen LogP contribution in [0, 0.1) is 0 Å². The van der Waals surface area contributed by atoms with E-state index in [0.717, 1.165) is 24.7 Å². The van der Waals surface area contributed by atoms with Crippen LogP contribution in [0.3, 0.4) is 0 Å². The molecule has 0 saturated carbocycles. The van der Waals surface area contributed by atoms with E-state index in [2.05, 4.69) is 61.7 Å². The fourth-order valence-corrected chi connectivity index (χ4v) is 2.26. The molecule has 1 rings (SSSR count). The number of nitrogens with one attached hydrogen (secondary N) is 1. The molecule has 0 aliphatic rings. The summed E-state index contributed by atoms with van der Waals surface area (Å²) in [5.74, 6) is 2.41. The van der Waals surface area contributed by atoms with Crippen LogP contribution in [-0.4, -0.2) is 40.0 Å². The fraction of sp³-hybridized carbons (Fsp3) is 0.733. The molecule has 0 unspecified atom stereocenters. The highest BCUT2D eigenvalue weighted by Gasteiger charge is 2.13. The van der Waals surface area contributed by atoms with E-state index in [1.807, 2.05) is 0 Å². The first kappa shape index (κ1) is 16.7. The van der Waals surface area contributed by atoms with Crippen molar-refractivity contribution >= 4 is 11.6 Å². The Balaban J connectivity index is 2.61. The molecule has 1 aromatic rings. The van der Waals surface area contributed by atoms with Crippen LogP contribution in [-0.2, 0) is 0 Å². The molecule has 5 heteroatoms. The van der Waals surface area contributed by atoms with Crippen molar-refractivity contribution in [2.45, 2.75) is 59.5 Å². The number of nitrogens with zero attached hydrogens (tertiary/aromatic N) is 3. The molecule has 0 saturated heterocycles. The summed E-state index contributed by atoms with van der Waals surface area (Å²) in [5, 5.41) is 3.35. The van der Waals surface area contributed by atoms with Crippen molar-refractivity contribution in [2.75, 3.05) is 24.1 Å². The molecule has 0 aromatic carbocycles. The van der Waals surface area contributed by atoms with Gasteiger partial charge in [-0.1, -0.05) is 13.8 Å². The zero-order valence-electron chi connectivity index (χ0n) is 13.6. The van der Waals surface area contributed by atoms with Crippen LogP contribution in [0.25, 0.3) is 0 Å². The molecule has 114 valence electrons. The van der Waals surface area contributed by atoms with Crippen molar-refractivity contribution in [2.24, 2.45) is 0 Å². The van der Waals surface area contributed by atoms with Crippen molar-refractivity contribution < 1.29 is 0 Å². The molecule has 5 nitrogen and oxygen atoms in total. The summed E-state index contributed by atoms with van der Waals surface area (Å²) >= 11 is 0. The van der Waals surface area contributed by atoms with E-state index in [1.54, 1.807) is 6.07 Å². The number of hydrogen-bond acceptors (Lipinski definition) is 5. The first-order valence-corrected chi connectivity index (χ1v) is 7.45. The van der Waals surface area contributed by atoms with E-state index in [1.165, 1.54) is 0 Å². The maximum absolute atomic E-state index is 5.82. The van der Waals surface area contributed by atoms with Gasteiger partial charge in [0.15, 0.2) is 0 Å². The lowest BCUT2D eigenvalue weighted by Crippen LogP contribution is -2.40. The third-order valence-electron chi connectivity index (χ3n) is 3.28. The van der Waals surface area contributed by atoms with Crippen molar-refractivity contribution in [3.05, 3.63) is 11.9 Å². The van der Waals surface area contributed by atoms with Crippen LogP contribution >= 0.6 is 0 Å². The van der Waals surface area contributed by atoms with Gasteiger partial charge in [0, 0.05) is 37.2 Å². The number of anilines is 2. The van der Waals surface area contributed by atoms with Gasteiger partial charge in [0.1, 0.15) is 17.5 Å². The third-order valence-corrected chi connectivity index (χ3v) is 3.28. The molecule has 0 spiro atoms.